The van der Waals surface area contributed by atoms with E-state index < -0.39 is 0 Å². The molecule has 0 spiro atoms. The lowest BCUT2D eigenvalue weighted by Gasteiger charge is -2.12. The molecule has 0 fully saturated rings. The summed E-state index contributed by atoms with van der Waals surface area (Å²) in [5.74, 6) is 2.72. The number of hydrogen-bond acceptors (Lipinski definition) is 6. The third-order valence-corrected chi connectivity index (χ3v) is 5.13. The Morgan fingerprint density at radius 2 is 1.17 bits per heavy atom. The lowest BCUT2D eigenvalue weighted by Crippen LogP contribution is -2.07. The van der Waals surface area contributed by atoms with Gasteiger partial charge in [0.25, 0.3) is 0 Å². The molecule has 0 aromatic heterocycles. The standard InChI is InChI=1S/C28H29NO6/c1-31-23-14-20(15-24(18-23)32-2)7-6-19-8-11-22(12-9-19)29-27(30)13-10-21-16-25(33-3)28(35-5)26(17-21)34-4/h6-18H,1-5H3,(H,29,30). The first-order chi connectivity index (χ1) is 17.0. The number of carbonyl (C=O) groups is 1. The van der Waals surface area contributed by atoms with Crippen LogP contribution in [0.15, 0.2) is 60.7 Å². The predicted molar refractivity (Wildman–Crippen MR) is 139 cm³/mol. The number of nitrogens with one attached hydrogen (secondary N) is 1. The Morgan fingerprint density at radius 1 is 0.629 bits per heavy atom. The highest BCUT2D eigenvalue weighted by Crippen LogP contribution is 2.38. The van der Waals surface area contributed by atoms with Gasteiger partial charge in [-0.15, -0.1) is 0 Å². The highest BCUT2D eigenvalue weighted by atomic mass is 16.5. The Labute approximate surface area is 205 Å². The summed E-state index contributed by atoms with van der Waals surface area (Å²) >= 11 is 0. The topological polar surface area (TPSA) is 75.3 Å². The van der Waals surface area contributed by atoms with E-state index in [0.717, 1.165) is 28.2 Å². The molecule has 35 heavy (non-hydrogen) atoms. The molecule has 0 heterocycles. The van der Waals surface area contributed by atoms with E-state index in [-0.39, 0.29) is 5.91 Å². The molecule has 0 bridgehead atoms. The number of rotatable bonds is 10. The lowest BCUT2D eigenvalue weighted by molar-refractivity contribution is -0.111. The van der Waals surface area contributed by atoms with Crippen LogP contribution < -0.4 is 29.0 Å². The predicted octanol–water partition coefficient (Wildman–Crippen LogP) is 5.55. The van der Waals surface area contributed by atoms with Crippen LogP contribution in [0.5, 0.6) is 28.7 Å². The molecule has 7 heteroatoms. The average Bonchev–Trinajstić information content (AvgIpc) is 2.90. The van der Waals surface area contributed by atoms with Crippen LogP contribution in [0.3, 0.4) is 0 Å². The number of benzene rings is 3. The summed E-state index contributed by atoms with van der Waals surface area (Å²) in [6, 6.07) is 16.7. The molecular weight excluding hydrogens is 446 g/mol. The van der Waals surface area contributed by atoms with E-state index in [1.165, 1.54) is 6.08 Å². The molecular formula is C28H29NO6. The molecule has 7 nitrogen and oxygen atoms in total. The van der Waals surface area contributed by atoms with Gasteiger partial charge in [-0.3, -0.25) is 4.79 Å². The fraction of sp³-hybridized carbons (Fsp3) is 0.179. The lowest BCUT2D eigenvalue weighted by atomic mass is 10.1. The van der Waals surface area contributed by atoms with Crippen molar-refractivity contribution in [2.24, 2.45) is 0 Å². The van der Waals surface area contributed by atoms with Crippen LogP contribution >= 0.6 is 0 Å². The van der Waals surface area contributed by atoms with E-state index in [0.29, 0.717) is 22.9 Å². The first kappa shape index (κ1) is 25.2. The first-order valence-electron chi connectivity index (χ1n) is 10.8. The first-order valence-corrected chi connectivity index (χ1v) is 10.8. The third kappa shape index (κ3) is 6.80. The highest BCUT2D eigenvalue weighted by molar-refractivity contribution is 6.02. The van der Waals surface area contributed by atoms with E-state index in [9.17, 15) is 4.79 Å². The zero-order chi connectivity index (χ0) is 25.2. The van der Waals surface area contributed by atoms with E-state index >= 15 is 0 Å². The van der Waals surface area contributed by atoms with Crippen molar-refractivity contribution in [1.29, 1.82) is 0 Å². The van der Waals surface area contributed by atoms with Crippen molar-refractivity contribution in [3.8, 4) is 28.7 Å². The fourth-order valence-electron chi connectivity index (χ4n) is 3.35. The number of carbonyl (C=O) groups excluding carboxylic acids is 1. The average molecular weight is 476 g/mol. The van der Waals surface area contributed by atoms with Crippen molar-refractivity contribution >= 4 is 29.8 Å². The summed E-state index contributed by atoms with van der Waals surface area (Å²) < 4.78 is 26.6. The maximum atomic E-state index is 12.4. The molecule has 3 aromatic carbocycles. The molecule has 0 aliphatic carbocycles. The van der Waals surface area contributed by atoms with Crippen molar-refractivity contribution in [2.75, 3.05) is 40.9 Å². The van der Waals surface area contributed by atoms with Crippen molar-refractivity contribution in [2.45, 2.75) is 0 Å². The van der Waals surface area contributed by atoms with Crippen LogP contribution in [0.25, 0.3) is 18.2 Å². The summed E-state index contributed by atoms with van der Waals surface area (Å²) in [6.07, 6.45) is 7.08. The molecule has 0 aliphatic heterocycles. The van der Waals surface area contributed by atoms with E-state index in [1.807, 2.05) is 54.6 Å². The third-order valence-electron chi connectivity index (χ3n) is 5.13. The molecule has 0 aliphatic rings. The Morgan fingerprint density at radius 3 is 1.69 bits per heavy atom. The van der Waals surface area contributed by atoms with Gasteiger partial charge in [-0.05, 0) is 59.2 Å². The van der Waals surface area contributed by atoms with Gasteiger partial charge in [0.05, 0.1) is 35.5 Å². The van der Waals surface area contributed by atoms with E-state index in [4.69, 9.17) is 23.7 Å². The second-order valence-electron chi connectivity index (χ2n) is 7.38. The van der Waals surface area contributed by atoms with Crippen LogP contribution in [0, 0.1) is 0 Å². The molecule has 0 atom stereocenters. The molecule has 0 radical (unpaired) electrons. The van der Waals surface area contributed by atoms with E-state index in [2.05, 4.69) is 5.32 Å². The summed E-state index contributed by atoms with van der Waals surface area (Å²) in [7, 11) is 7.87. The number of methoxy groups -OCH3 is 5. The number of amides is 1. The van der Waals surface area contributed by atoms with Crippen LogP contribution in [0.1, 0.15) is 16.7 Å². The van der Waals surface area contributed by atoms with Crippen LogP contribution in [0.4, 0.5) is 5.69 Å². The second kappa shape index (κ2) is 12.2. The fourth-order valence-corrected chi connectivity index (χ4v) is 3.35. The van der Waals surface area contributed by atoms with Crippen molar-refractivity contribution in [3.05, 3.63) is 77.4 Å². The minimum Gasteiger partial charge on any atom is -0.497 e. The molecule has 182 valence electrons. The van der Waals surface area contributed by atoms with Gasteiger partial charge in [0.2, 0.25) is 11.7 Å². The summed E-state index contributed by atoms with van der Waals surface area (Å²) in [5, 5.41) is 2.85. The minimum atomic E-state index is -0.259. The largest absolute Gasteiger partial charge is 0.497 e. The molecule has 0 unspecified atom stereocenters. The van der Waals surface area contributed by atoms with Crippen molar-refractivity contribution in [1.82, 2.24) is 0 Å². The number of hydrogen-bond donors (Lipinski definition) is 1. The normalized spacial score (nSPS) is 10.9. The molecule has 0 saturated heterocycles. The summed E-state index contributed by atoms with van der Waals surface area (Å²) in [4.78, 5) is 12.4. The summed E-state index contributed by atoms with van der Waals surface area (Å²) in [5.41, 5.74) is 3.36. The maximum absolute atomic E-state index is 12.4. The maximum Gasteiger partial charge on any atom is 0.248 e. The van der Waals surface area contributed by atoms with Gasteiger partial charge in [0.15, 0.2) is 11.5 Å². The zero-order valence-corrected chi connectivity index (χ0v) is 20.5. The Kier molecular flexibility index (Phi) is 8.78. The monoisotopic (exact) mass is 475 g/mol. The Balaban J connectivity index is 1.65. The smallest absolute Gasteiger partial charge is 0.248 e. The van der Waals surface area contributed by atoms with Crippen molar-refractivity contribution in [3.63, 3.8) is 0 Å². The zero-order valence-electron chi connectivity index (χ0n) is 20.5. The van der Waals surface area contributed by atoms with Gasteiger partial charge >= 0.3 is 0 Å². The van der Waals surface area contributed by atoms with Crippen LogP contribution in [-0.4, -0.2) is 41.5 Å². The van der Waals surface area contributed by atoms with E-state index in [1.54, 1.807) is 53.8 Å². The van der Waals surface area contributed by atoms with Crippen LogP contribution in [-0.2, 0) is 4.79 Å². The highest BCUT2D eigenvalue weighted by Gasteiger charge is 2.12. The molecule has 3 aromatic rings. The van der Waals surface area contributed by atoms with Gasteiger partial charge in [-0.1, -0.05) is 24.3 Å². The molecule has 1 N–H and O–H groups in total. The van der Waals surface area contributed by atoms with Gasteiger partial charge in [0.1, 0.15) is 11.5 Å². The number of anilines is 1. The van der Waals surface area contributed by atoms with Gasteiger partial charge < -0.3 is 29.0 Å². The molecule has 0 saturated carbocycles. The van der Waals surface area contributed by atoms with Gasteiger partial charge in [-0.2, -0.15) is 0 Å². The summed E-state index contributed by atoms with van der Waals surface area (Å²) in [6.45, 7) is 0. The van der Waals surface area contributed by atoms with Crippen LogP contribution in [0.2, 0.25) is 0 Å². The van der Waals surface area contributed by atoms with Gasteiger partial charge in [-0.25, -0.2) is 0 Å². The minimum absolute atomic E-state index is 0.259. The SMILES string of the molecule is COc1cc(C=Cc2ccc(NC(=O)C=Cc3cc(OC)c(OC)c(OC)c3)cc2)cc(OC)c1. The second-order valence-corrected chi connectivity index (χ2v) is 7.38. The Bertz CT molecular complexity index is 1170. The van der Waals surface area contributed by atoms with Gasteiger partial charge in [0, 0.05) is 17.8 Å². The molecule has 3 rings (SSSR count). The molecule has 1 amide bonds. The number of ether oxygens (including phenoxy) is 5. The van der Waals surface area contributed by atoms with Crippen molar-refractivity contribution < 1.29 is 28.5 Å². The Hall–Kier alpha value is -4.39. The quantitative estimate of drug-likeness (QED) is 0.306.